The highest BCUT2D eigenvalue weighted by atomic mass is 32.1. The molecule has 0 N–H and O–H groups in total. The minimum absolute atomic E-state index is 0.557. The minimum Gasteiger partial charge on any atom is -0.339 e. The van der Waals surface area contributed by atoms with Gasteiger partial charge in [0.15, 0.2) is 0 Å². The number of aromatic nitrogens is 2. The molecule has 4 rings (SSSR count). The van der Waals surface area contributed by atoms with E-state index >= 15 is 0 Å². The van der Waals surface area contributed by atoms with Gasteiger partial charge in [-0.05, 0) is 29.7 Å². The second-order valence-electron chi connectivity index (χ2n) is 5.13. The van der Waals surface area contributed by atoms with Gasteiger partial charge in [0.25, 0.3) is 0 Å². The molecule has 88 valence electrons. The fourth-order valence-corrected chi connectivity index (χ4v) is 3.43. The Labute approximate surface area is 104 Å². The Bertz CT molecular complexity index is 515. The van der Waals surface area contributed by atoms with E-state index in [1.165, 1.54) is 25.7 Å². The quantitative estimate of drug-likeness (QED) is 0.828. The summed E-state index contributed by atoms with van der Waals surface area (Å²) in [6.45, 7) is 0. The van der Waals surface area contributed by atoms with Gasteiger partial charge < -0.3 is 4.52 Å². The fraction of sp³-hybridized carbons (Fsp3) is 0.538. The lowest BCUT2D eigenvalue weighted by Gasteiger charge is -2.25. The Hall–Kier alpha value is -1.16. The summed E-state index contributed by atoms with van der Waals surface area (Å²) in [6, 6.07) is 4.06. The van der Waals surface area contributed by atoms with Gasteiger partial charge in [0, 0.05) is 5.92 Å². The first-order valence-electron chi connectivity index (χ1n) is 6.29. The third-order valence-electron chi connectivity index (χ3n) is 4.10. The van der Waals surface area contributed by atoms with Crippen LogP contribution in [0.2, 0.25) is 0 Å². The van der Waals surface area contributed by atoms with Crippen molar-refractivity contribution in [1.82, 2.24) is 10.1 Å². The minimum atomic E-state index is 0.557. The summed E-state index contributed by atoms with van der Waals surface area (Å²) in [6.07, 6.45) is 5.50. The van der Waals surface area contributed by atoms with Gasteiger partial charge in [-0.3, -0.25) is 0 Å². The predicted molar refractivity (Wildman–Crippen MR) is 65.8 cm³/mol. The zero-order valence-electron chi connectivity index (χ0n) is 9.50. The first-order valence-corrected chi connectivity index (χ1v) is 7.17. The van der Waals surface area contributed by atoms with Crippen molar-refractivity contribution in [2.45, 2.75) is 31.6 Å². The van der Waals surface area contributed by atoms with Gasteiger partial charge in [-0.15, -0.1) is 11.3 Å². The molecule has 0 spiro atoms. The van der Waals surface area contributed by atoms with Crippen molar-refractivity contribution in [3.63, 3.8) is 0 Å². The van der Waals surface area contributed by atoms with Crippen molar-refractivity contribution in [2.75, 3.05) is 0 Å². The average Bonchev–Trinajstić information content (AvgIpc) is 2.77. The number of thiophene rings is 1. The normalized spacial score (nSPS) is 28.0. The molecule has 2 atom stereocenters. The van der Waals surface area contributed by atoms with Gasteiger partial charge >= 0.3 is 0 Å². The summed E-state index contributed by atoms with van der Waals surface area (Å²) in [5.41, 5.74) is 0. The summed E-state index contributed by atoms with van der Waals surface area (Å²) >= 11 is 1.66. The highest BCUT2D eigenvalue weighted by Crippen LogP contribution is 2.56. The third kappa shape index (κ3) is 1.62. The summed E-state index contributed by atoms with van der Waals surface area (Å²) in [5, 5.41) is 6.12. The zero-order chi connectivity index (χ0) is 11.2. The van der Waals surface area contributed by atoms with E-state index in [1.54, 1.807) is 11.3 Å². The summed E-state index contributed by atoms with van der Waals surface area (Å²) in [5.74, 6) is 3.96. The number of nitrogens with zero attached hydrogens (tertiary/aromatic N) is 2. The van der Waals surface area contributed by atoms with Crippen LogP contribution in [0.15, 0.2) is 22.0 Å². The molecule has 2 fully saturated rings. The molecule has 0 aliphatic heterocycles. The Morgan fingerprint density at radius 1 is 1.35 bits per heavy atom. The topological polar surface area (TPSA) is 38.9 Å². The van der Waals surface area contributed by atoms with Crippen LogP contribution in [0.5, 0.6) is 0 Å². The third-order valence-corrected chi connectivity index (χ3v) is 4.96. The molecule has 2 saturated carbocycles. The molecule has 2 aliphatic carbocycles. The van der Waals surface area contributed by atoms with E-state index in [4.69, 9.17) is 4.52 Å². The van der Waals surface area contributed by atoms with Crippen molar-refractivity contribution in [1.29, 1.82) is 0 Å². The van der Waals surface area contributed by atoms with E-state index < -0.39 is 0 Å². The van der Waals surface area contributed by atoms with Gasteiger partial charge in [-0.2, -0.15) is 4.98 Å². The van der Waals surface area contributed by atoms with Crippen molar-refractivity contribution in [3.05, 3.63) is 23.4 Å². The number of rotatable bonds is 3. The maximum Gasteiger partial charge on any atom is 0.230 e. The summed E-state index contributed by atoms with van der Waals surface area (Å²) in [7, 11) is 0. The molecule has 2 aromatic rings. The smallest absolute Gasteiger partial charge is 0.230 e. The van der Waals surface area contributed by atoms with Crippen LogP contribution in [0, 0.1) is 11.8 Å². The lowest BCUT2D eigenvalue weighted by atomic mass is 9.81. The lowest BCUT2D eigenvalue weighted by Crippen LogP contribution is -2.13. The Morgan fingerprint density at radius 2 is 2.29 bits per heavy atom. The maximum atomic E-state index is 5.41. The number of hydrogen-bond acceptors (Lipinski definition) is 4. The fourth-order valence-electron chi connectivity index (χ4n) is 2.78. The van der Waals surface area contributed by atoms with E-state index in [1.807, 2.05) is 17.5 Å². The van der Waals surface area contributed by atoms with Gasteiger partial charge in [0.05, 0.1) is 4.88 Å². The average molecular weight is 246 g/mol. The van der Waals surface area contributed by atoms with E-state index in [9.17, 15) is 0 Å². The highest BCUT2D eigenvalue weighted by Gasteiger charge is 2.48. The van der Waals surface area contributed by atoms with Crippen LogP contribution in [-0.2, 0) is 0 Å². The van der Waals surface area contributed by atoms with Gasteiger partial charge in [0.2, 0.25) is 11.7 Å². The van der Waals surface area contributed by atoms with Crippen molar-refractivity contribution in [2.24, 2.45) is 11.8 Å². The monoisotopic (exact) mass is 246 g/mol. The largest absolute Gasteiger partial charge is 0.339 e. The van der Waals surface area contributed by atoms with E-state index in [0.717, 1.165) is 28.4 Å². The van der Waals surface area contributed by atoms with Crippen LogP contribution in [0.4, 0.5) is 0 Å². The van der Waals surface area contributed by atoms with Gasteiger partial charge in [-0.25, -0.2) is 0 Å². The Kier molecular flexibility index (Phi) is 2.12. The van der Waals surface area contributed by atoms with E-state index in [2.05, 4.69) is 10.1 Å². The molecule has 0 unspecified atom stereocenters. The highest BCUT2D eigenvalue weighted by molar-refractivity contribution is 7.13. The molecule has 2 heterocycles. The lowest BCUT2D eigenvalue weighted by molar-refractivity contribution is 0.265. The standard InChI is InChI=1S/C13H14N2OS/c1-3-8(4-1)9-7-10(9)13-14-12(15-16-13)11-5-2-6-17-11/h2,5-6,8-10H,1,3-4,7H2/t9-,10+/m1/s1. The maximum absolute atomic E-state index is 5.41. The van der Waals surface area contributed by atoms with Gasteiger partial charge in [0.1, 0.15) is 0 Å². The molecular weight excluding hydrogens is 232 g/mol. The first-order chi connectivity index (χ1) is 8.42. The molecule has 2 aromatic heterocycles. The van der Waals surface area contributed by atoms with Gasteiger partial charge in [-0.1, -0.05) is 30.5 Å². The van der Waals surface area contributed by atoms with Crippen LogP contribution >= 0.6 is 11.3 Å². The molecule has 0 saturated heterocycles. The molecule has 0 bridgehead atoms. The van der Waals surface area contributed by atoms with Crippen LogP contribution in [0.25, 0.3) is 10.7 Å². The van der Waals surface area contributed by atoms with Crippen LogP contribution in [0.1, 0.15) is 37.5 Å². The molecule has 4 heteroatoms. The predicted octanol–water partition coefficient (Wildman–Crippen LogP) is 3.70. The molecule has 2 aliphatic rings. The summed E-state index contributed by atoms with van der Waals surface area (Å²) < 4.78 is 5.41. The number of hydrogen-bond donors (Lipinski definition) is 0. The van der Waals surface area contributed by atoms with Crippen LogP contribution < -0.4 is 0 Å². The van der Waals surface area contributed by atoms with Crippen LogP contribution in [-0.4, -0.2) is 10.1 Å². The molecule has 0 aromatic carbocycles. The molecule has 0 radical (unpaired) electrons. The first kappa shape index (κ1) is 9.83. The van der Waals surface area contributed by atoms with Crippen molar-refractivity contribution < 1.29 is 4.52 Å². The summed E-state index contributed by atoms with van der Waals surface area (Å²) in [4.78, 5) is 5.64. The SMILES string of the molecule is c1csc(-c2noc([C@H]3C[C@@H]3C3CCC3)n2)c1. The Balaban J connectivity index is 1.52. The van der Waals surface area contributed by atoms with E-state index in [0.29, 0.717) is 5.92 Å². The molecular formula is C13H14N2OS. The van der Waals surface area contributed by atoms with Crippen molar-refractivity contribution >= 4 is 11.3 Å². The second kappa shape index (κ2) is 3.67. The van der Waals surface area contributed by atoms with Crippen molar-refractivity contribution in [3.8, 4) is 10.7 Å². The van der Waals surface area contributed by atoms with Crippen LogP contribution in [0.3, 0.4) is 0 Å². The molecule has 17 heavy (non-hydrogen) atoms. The second-order valence-corrected chi connectivity index (χ2v) is 6.08. The van der Waals surface area contributed by atoms with E-state index in [-0.39, 0.29) is 0 Å². The molecule has 3 nitrogen and oxygen atoms in total. The Morgan fingerprint density at radius 3 is 3.00 bits per heavy atom. The zero-order valence-corrected chi connectivity index (χ0v) is 10.3. The molecule has 0 amide bonds.